The summed E-state index contributed by atoms with van der Waals surface area (Å²) in [7, 11) is 0. The quantitative estimate of drug-likeness (QED) is 0.383. The van der Waals surface area contributed by atoms with E-state index >= 15 is 0 Å². The number of hydrogen-bond acceptors (Lipinski definition) is 7. The lowest BCUT2D eigenvalue weighted by atomic mass is 10.2. The molecule has 9 nitrogen and oxygen atoms in total. The van der Waals surface area contributed by atoms with Crippen molar-refractivity contribution in [3.05, 3.63) is 65.8 Å². The Morgan fingerprint density at radius 3 is 2.41 bits per heavy atom. The second kappa shape index (κ2) is 11.7. The molecule has 3 heterocycles. The van der Waals surface area contributed by atoms with Crippen LogP contribution in [0.4, 0.5) is 31.1 Å². The van der Waals surface area contributed by atoms with Gasteiger partial charge in [0.05, 0.1) is 23.5 Å². The normalized spacial score (nSPS) is 17.6. The van der Waals surface area contributed by atoms with Crippen LogP contribution in [0.15, 0.2) is 60.2 Å². The van der Waals surface area contributed by atoms with Gasteiger partial charge in [-0.25, -0.2) is 9.59 Å². The number of carboxylic acid groups (broad SMARTS) is 1. The maximum absolute atomic E-state index is 12.6. The average Bonchev–Trinajstić information content (AvgIpc) is 3.28. The number of allylic oxidation sites excluding steroid dienone is 2. The molecule has 3 aliphatic rings. The molecule has 1 aromatic carbocycles. The summed E-state index contributed by atoms with van der Waals surface area (Å²) in [6.45, 7) is 2.81. The molecule has 202 valence electrons. The number of ether oxygens (including phenoxy) is 1. The lowest BCUT2D eigenvalue weighted by Crippen LogP contribution is -2.51. The molecule has 1 saturated heterocycles. The number of carbonyl (C=O) groups excluding carboxylic acids is 1. The lowest BCUT2D eigenvalue weighted by molar-refractivity contribution is -0.274. The second-order valence-corrected chi connectivity index (χ2v) is 8.49. The molecule has 1 fully saturated rings. The number of halogens is 6. The molecular formula is C21H21F6N5O4S. The number of carbonyl (C=O) groups is 2. The minimum absolute atomic E-state index is 0.172. The van der Waals surface area contributed by atoms with Gasteiger partial charge in [0.25, 0.3) is 0 Å². The number of fused-ring (bicyclic) bond motifs is 1. The molecule has 0 aliphatic carbocycles. The number of carboxylic acids is 1. The predicted molar refractivity (Wildman–Crippen MR) is 120 cm³/mol. The number of nitrogens with zero attached hydrogens (tertiary/aromatic N) is 3. The van der Waals surface area contributed by atoms with Gasteiger partial charge in [-0.3, -0.25) is 9.21 Å². The van der Waals surface area contributed by atoms with Crippen molar-refractivity contribution in [2.24, 2.45) is 0 Å². The Morgan fingerprint density at radius 1 is 1.11 bits per heavy atom. The van der Waals surface area contributed by atoms with Gasteiger partial charge in [0, 0.05) is 45.1 Å². The molecule has 3 aliphatic heterocycles. The topological polar surface area (TPSA) is 97.4 Å². The SMILES string of the molecule is O=C(NC1=CC=CN2SNC=C12)N1CCN(Cc2cccc(OC(F)(F)F)c2)CC1.O=C(O)C(F)(F)F. The molecule has 0 spiro atoms. The minimum atomic E-state index is -5.08. The van der Waals surface area contributed by atoms with E-state index in [0.29, 0.717) is 32.7 Å². The van der Waals surface area contributed by atoms with Crippen LogP contribution in [0.25, 0.3) is 0 Å². The number of amides is 2. The first kappa shape index (κ1) is 28.0. The fraction of sp³-hybridized carbons (Fsp3) is 0.333. The van der Waals surface area contributed by atoms with E-state index in [4.69, 9.17) is 9.90 Å². The molecule has 0 unspecified atom stereocenters. The number of nitrogens with one attached hydrogen (secondary N) is 2. The first-order valence-corrected chi connectivity index (χ1v) is 11.3. The van der Waals surface area contributed by atoms with E-state index in [1.54, 1.807) is 17.0 Å². The Kier molecular flexibility index (Phi) is 8.85. The van der Waals surface area contributed by atoms with Crippen LogP contribution in [0.3, 0.4) is 0 Å². The summed E-state index contributed by atoms with van der Waals surface area (Å²) in [5.41, 5.74) is 2.34. The summed E-state index contributed by atoms with van der Waals surface area (Å²) < 4.78 is 77.9. The molecule has 0 radical (unpaired) electrons. The van der Waals surface area contributed by atoms with Crippen LogP contribution in [0.1, 0.15) is 5.56 Å². The van der Waals surface area contributed by atoms with Crippen molar-refractivity contribution >= 4 is 24.1 Å². The standard InChI is InChI=1S/C19H20F3N5O2S.C2HF3O2/c20-19(21,22)29-15-4-1-3-14(11-15)13-25-7-9-26(10-8-25)18(28)24-16-5-2-6-27-17(16)12-23-30-27;3-2(4,5)1(6)7/h1-6,11-12,23H,7-10,13H2,(H,24,28);(H,6,7). The molecule has 1 aromatic rings. The Morgan fingerprint density at radius 2 is 1.78 bits per heavy atom. The lowest BCUT2D eigenvalue weighted by Gasteiger charge is -2.35. The highest BCUT2D eigenvalue weighted by molar-refractivity contribution is 7.95. The third-order valence-electron chi connectivity index (χ3n) is 5.03. The van der Waals surface area contributed by atoms with Gasteiger partial charge in [0.15, 0.2) is 0 Å². The van der Waals surface area contributed by atoms with Crippen LogP contribution in [0.5, 0.6) is 5.75 Å². The van der Waals surface area contributed by atoms with Crippen molar-refractivity contribution in [1.82, 2.24) is 24.1 Å². The molecule has 0 aromatic heterocycles. The van der Waals surface area contributed by atoms with E-state index in [-0.39, 0.29) is 11.8 Å². The van der Waals surface area contributed by atoms with E-state index in [9.17, 15) is 31.1 Å². The summed E-state index contributed by atoms with van der Waals surface area (Å²) in [6.07, 6.45) is -2.35. The van der Waals surface area contributed by atoms with Gasteiger partial charge >= 0.3 is 24.5 Å². The molecule has 37 heavy (non-hydrogen) atoms. The Labute approximate surface area is 211 Å². The fourth-order valence-corrected chi connectivity index (χ4v) is 4.03. The number of alkyl halides is 6. The van der Waals surface area contributed by atoms with Crippen molar-refractivity contribution in [3.63, 3.8) is 0 Å². The van der Waals surface area contributed by atoms with Crippen LogP contribution in [-0.4, -0.2) is 69.9 Å². The first-order valence-electron chi connectivity index (χ1n) is 10.6. The molecule has 0 atom stereocenters. The third-order valence-corrected chi connectivity index (χ3v) is 5.76. The Hall–Kier alpha value is -3.53. The van der Waals surface area contributed by atoms with E-state index in [1.807, 2.05) is 28.9 Å². The second-order valence-electron chi connectivity index (χ2n) is 7.68. The van der Waals surface area contributed by atoms with Crippen LogP contribution >= 0.6 is 12.1 Å². The summed E-state index contributed by atoms with van der Waals surface area (Å²) in [6, 6.07) is 5.81. The zero-order valence-corrected chi connectivity index (χ0v) is 19.7. The van der Waals surface area contributed by atoms with Crippen molar-refractivity contribution in [1.29, 1.82) is 0 Å². The zero-order chi connectivity index (χ0) is 27.2. The Balaban J connectivity index is 0.000000479. The van der Waals surface area contributed by atoms with Crippen molar-refractivity contribution in [3.8, 4) is 5.75 Å². The van der Waals surface area contributed by atoms with Gasteiger partial charge in [-0.15, -0.1) is 13.2 Å². The largest absolute Gasteiger partial charge is 0.573 e. The minimum Gasteiger partial charge on any atom is -0.475 e. The maximum atomic E-state index is 12.6. The zero-order valence-electron chi connectivity index (χ0n) is 18.8. The molecule has 0 bridgehead atoms. The monoisotopic (exact) mass is 553 g/mol. The van der Waals surface area contributed by atoms with E-state index in [1.165, 1.54) is 24.3 Å². The van der Waals surface area contributed by atoms with Gasteiger partial charge in [0.2, 0.25) is 0 Å². The molecule has 0 saturated carbocycles. The average molecular weight is 553 g/mol. The van der Waals surface area contributed by atoms with Gasteiger partial charge in [-0.1, -0.05) is 12.1 Å². The number of rotatable bonds is 4. The third kappa shape index (κ3) is 8.52. The predicted octanol–water partition coefficient (Wildman–Crippen LogP) is 3.77. The van der Waals surface area contributed by atoms with Crippen LogP contribution in [-0.2, 0) is 11.3 Å². The molecule has 4 rings (SSSR count). The number of piperazine rings is 1. The van der Waals surface area contributed by atoms with Crippen LogP contribution in [0.2, 0.25) is 0 Å². The maximum Gasteiger partial charge on any atom is 0.573 e. The van der Waals surface area contributed by atoms with Crippen molar-refractivity contribution in [2.75, 3.05) is 26.2 Å². The van der Waals surface area contributed by atoms with Crippen LogP contribution < -0.4 is 14.8 Å². The van der Waals surface area contributed by atoms with Crippen LogP contribution in [0, 0.1) is 0 Å². The highest BCUT2D eigenvalue weighted by Gasteiger charge is 2.38. The summed E-state index contributed by atoms with van der Waals surface area (Å²) in [5, 5.41) is 10.1. The highest BCUT2D eigenvalue weighted by Crippen LogP contribution is 2.29. The van der Waals surface area contributed by atoms with Gasteiger partial charge < -0.3 is 24.8 Å². The molecular weight excluding hydrogens is 532 g/mol. The highest BCUT2D eigenvalue weighted by atomic mass is 32.2. The molecule has 3 N–H and O–H groups in total. The van der Waals surface area contributed by atoms with E-state index in [2.05, 4.69) is 19.7 Å². The summed E-state index contributed by atoms with van der Waals surface area (Å²) in [4.78, 5) is 25.4. The smallest absolute Gasteiger partial charge is 0.475 e. The van der Waals surface area contributed by atoms with Gasteiger partial charge in [0.1, 0.15) is 5.75 Å². The number of hydrogen-bond donors (Lipinski definition) is 3. The number of aliphatic carboxylic acids is 1. The fourth-order valence-electron chi connectivity index (χ4n) is 3.37. The molecule has 16 heteroatoms. The van der Waals surface area contributed by atoms with E-state index in [0.717, 1.165) is 17.0 Å². The van der Waals surface area contributed by atoms with Gasteiger partial charge in [-0.05, 0) is 29.8 Å². The Bertz CT molecular complexity index is 1080. The van der Waals surface area contributed by atoms with Crippen molar-refractivity contribution < 1.29 is 45.8 Å². The van der Waals surface area contributed by atoms with Gasteiger partial charge in [-0.2, -0.15) is 13.2 Å². The van der Waals surface area contributed by atoms with E-state index < -0.39 is 18.5 Å². The number of urea groups is 1. The van der Waals surface area contributed by atoms with Crippen molar-refractivity contribution in [2.45, 2.75) is 19.1 Å². The molecule has 2 amide bonds. The summed E-state index contributed by atoms with van der Waals surface area (Å²) >= 11 is 1.42. The number of benzene rings is 1. The summed E-state index contributed by atoms with van der Waals surface area (Å²) in [5.74, 6) is -2.98. The first-order chi connectivity index (χ1) is 17.3.